The van der Waals surface area contributed by atoms with Gasteiger partial charge < -0.3 is 29.5 Å². The zero-order valence-electron chi connectivity index (χ0n) is 19.2. The van der Waals surface area contributed by atoms with Crippen molar-refractivity contribution in [2.24, 2.45) is 0 Å². The maximum Gasteiger partial charge on any atom is 0.250 e. The highest BCUT2D eigenvalue weighted by molar-refractivity contribution is 5.92. The van der Waals surface area contributed by atoms with Crippen molar-refractivity contribution in [1.82, 2.24) is 4.90 Å². The van der Waals surface area contributed by atoms with Crippen LogP contribution in [0.1, 0.15) is 35.4 Å². The summed E-state index contributed by atoms with van der Waals surface area (Å²) in [6.07, 6.45) is 0.581. The zero-order valence-corrected chi connectivity index (χ0v) is 19.2. The Hall–Kier alpha value is -2.94. The second-order valence-electron chi connectivity index (χ2n) is 9.18. The first-order chi connectivity index (χ1) is 16.6. The Balaban J connectivity index is 1.29. The van der Waals surface area contributed by atoms with Crippen LogP contribution in [0.3, 0.4) is 0 Å². The monoisotopic (exact) mass is 466 g/mol. The molecule has 3 heterocycles. The summed E-state index contributed by atoms with van der Waals surface area (Å²) >= 11 is 0. The van der Waals surface area contributed by atoms with Gasteiger partial charge in [-0.25, -0.2) is 0 Å². The maximum atomic E-state index is 13.1. The lowest BCUT2D eigenvalue weighted by Crippen LogP contribution is -2.48. The van der Waals surface area contributed by atoms with Crippen molar-refractivity contribution >= 4 is 17.5 Å². The van der Waals surface area contributed by atoms with Crippen molar-refractivity contribution in [3.8, 4) is 5.75 Å². The first-order valence-corrected chi connectivity index (χ1v) is 11.8. The molecule has 2 N–H and O–H groups in total. The summed E-state index contributed by atoms with van der Waals surface area (Å²) in [4.78, 5) is 27.0. The number of aliphatic hydroxyl groups excluding tert-OH is 1. The number of carbonyl (C=O) groups is 2. The number of rotatable bonds is 6. The van der Waals surface area contributed by atoms with E-state index in [1.807, 2.05) is 29.2 Å². The van der Waals surface area contributed by atoms with E-state index in [1.54, 1.807) is 6.07 Å². The van der Waals surface area contributed by atoms with Crippen LogP contribution in [0.4, 0.5) is 5.69 Å². The summed E-state index contributed by atoms with van der Waals surface area (Å²) in [7, 11) is 1.47. The average Bonchev–Trinajstić information content (AvgIpc) is 3.21. The van der Waals surface area contributed by atoms with Gasteiger partial charge in [0.05, 0.1) is 19.1 Å². The zero-order chi connectivity index (χ0) is 23.7. The Morgan fingerprint density at radius 2 is 2.03 bits per heavy atom. The Bertz CT molecular complexity index is 1070. The number of methoxy groups -OCH3 is 1. The molecule has 180 valence electrons. The number of fused-ring (bicyclic) bond motifs is 4. The van der Waals surface area contributed by atoms with Crippen LogP contribution < -0.4 is 10.1 Å². The van der Waals surface area contributed by atoms with Gasteiger partial charge in [-0.1, -0.05) is 24.3 Å². The minimum atomic E-state index is -0.516. The topological polar surface area (TPSA) is 97.3 Å². The molecule has 1 fully saturated rings. The lowest BCUT2D eigenvalue weighted by atomic mass is 9.84. The average molecular weight is 467 g/mol. The van der Waals surface area contributed by atoms with Crippen LogP contribution >= 0.6 is 0 Å². The second-order valence-corrected chi connectivity index (χ2v) is 9.18. The number of nitrogens with one attached hydrogen (secondary N) is 1. The van der Waals surface area contributed by atoms with Crippen molar-refractivity contribution in [2.75, 3.05) is 32.2 Å². The summed E-state index contributed by atoms with van der Waals surface area (Å²) < 4.78 is 17.1. The van der Waals surface area contributed by atoms with Crippen LogP contribution in [-0.2, 0) is 32.0 Å². The van der Waals surface area contributed by atoms with Gasteiger partial charge in [0.1, 0.15) is 24.6 Å². The fraction of sp³-hybridized carbons (Fsp3) is 0.462. The number of ether oxygens (including phenoxy) is 3. The first kappa shape index (κ1) is 22.8. The Kier molecular flexibility index (Phi) is 6.54. The van der Waals surface area contributed by atoms with Crippen LogP contribution in [-0.4, -0.2) is 67.0 Å². The molecule has 34 heavy (non-hydrogen) atoms. The molecule has 0 spiro atoms. The van der Waals surface area contributed by atoms with Crippen molar-refractivity contribution in [3.63, 3.8) is 0 Å². The Morgan fingerprint density at radius 3 is 2.82 bits per heavy atom. The van der Waals surface area contributed by atoms with E-state index in [1.165, 1.54) is 18.2 Å². The molecular formula is C26H30N2O6. The largest absolute Gasteiger partial charge is 0.487 e. The first-order valence-electron chi connectivity index (χ1n) is 11.8. The summed E-state index contributed by atoms with van der Waals surface area (Å²) in [6.45, 7) is 1.11. The third kappa shape index (κ3) is 4.53. The molecule has 3 aliphatic rings. The molecule has 0 bridgehead atoms. The number of benzene rings is 2. The molecule has 8 heteroatoms. The highest BCUT2D eigenvalue weighted by Crippen LogP contribution is 2.47. The summed E-state index contributed by atoms with van der Waals surface area (Å²) in [5.41, 5.74) is 4.13. The SMILES string of the molecule is COCC(=O)Nc1ccc2c(c1)[C@@H]1C[C@H](CC(=O)N3CCc4ccccc4C3)O[C@@H](CO)[C@@H]1O2. The van der Waals surface area contributed by atoms with Crippen LogP contribution in [0.2, 0.25) is 0 Å². The molecule has 2 aromatic rings. The predicted molar refractivity (Wildman–Crippen MR) is 125 cm³/mol. The van der Waals surface area contributed by atoms with Crippen molar-refractivity contribution in [1.29, 1.82) is 0 Å². The van der Waals surface area contributed by atoms with Crippen LogP contribution in [0.25, 0.3) is 0 Å². The Labute approximate surface area is 198 Å². The summed E-state index contributed by atoms with van der Waals surface area (Å²) in [5.74, 6) is 0.528. The van der Waals surface area contributed by atoms with Gasteiger partial charge in [0, 0.05) is 37.4 Å². The summed E-state index contributed by atoms with van der Waals surface area (Å²) in [5, 5.41) is 12.8. The maximum absolute atomic E-state index is 13.1. The minimum Gasteiger partial charge on any atom is -0.487 e. The van der Waals surface area contributed by atoms with Crippen LogP contribution in [0, 0.1) is 0 Å². The van der Waals surface area contributed by atoms with Crippen LogP contribution in [0.5, 0.6) is 5.75 Å². The summed E-state index contributed by atoms with van der Waals surface area (Å²) in [6, 6.07) is 13.8. The van der Waals surface area contributed by atoms with Gasteiger partial charge in [-0.05, 0) is 42.2 Å². The standard InChI is InChI=1S/C26H30N2O6/c1-32-15-24(30)27-18-6-7-22-20(10-18)21-11-19(33-23(14-29)26(21)34-22)12-25(31)28-9-8-16-4-2-3-5-17(16)13-28/h2-7,10,19,21,23,26,29H,8-9,11-15H2,1H3,(H,27,30)/t19-,21+,23+,26-/m1/s1. The highest BCUT2D eigenvalue weighted by Gasteiger charge is 2.46. The van der Waals surface area contributed by atoms with Gasteiger partial charge in [0.2, 0.25) is 11.8 Å². The second kappa shape index (κ2) is 9.74. The van der Waals surface area contributed by atoms with Gasteiger partial charge in [0.25, 0.3) is 0 Å². The Morgan fingerprint density at radius 1 is 1.21 bits per heavy atom. The molecule has 1 saturated heterocycles. The van der Waals surface area contributed by atoms with E-state index in [4.69, 9.17) is 14.2 Å². The van der Waals surface area contributed by atoms with Gasteiger partial charge in [-0.3, -0.25) is 9.59 Å². The quantitative estimate of drug-likeness (QED) is 0.678. The molecule has 4 atom stereocenters. The molecule has 8 nitrogen and oxygen atoms in total. The van der Waals surface area contributed by atoms with Crippen molar-refractivity contribution in [2.45, 2.75) is 50.0 Å². The van der Waals surface area contributed by atoms with E-state index in [9.17, 15) is 14.7 Å². The lowest BCUT2D eigenvalue weighted by Gasteiger charge is -2.38. The third-order valence-corrected chi connectivity index (χ3v) is 6.94. The van der Waals surface area contributed by atoms with Gasteiger partial charge in [-0.2, -0.15) is 0 Å². The van der Waals surface area contributed by atoms with E-state index in [0.29, 0.717) is 25.2 Å². The molecule has 2 aromatic carbocycles. The number of anilines is 1. The van der Waals surface area contributed by atoms with E-state index >= 15 is 0 Å². The molecule has 0 aliphatic carbocycles. The van der Waals surface area contributed by atoms with Gasteiger partial charge in [0.15, 0.2) is 0 Å². The molecule has 0 aromatic heterocycles. The lowest BCUT2D eigenvalue weighted by molar-refractivity contribution is -0.149. The van der Waals surface area contributed by atoms with E-state index in [2.05, 4.69) is 17.4 Å². The number of carbonyl (C=O) groups excluding carboxylic acids is 2. The van der Waals surface area contributed by atoms with E-state index in [-0.39, 0.29) is 49.6 Å². The third-order valence-electron chi connectivity index (χ3n) is 6.94. The molecule has 3 aliphatic heterocycles. The normalized spacial score (nSPS) is 25.1. The number of amides is 2. The van der Waals surface area contributed by atoms with E-state index < -0.39 is 6.10 Å². The smallest absolute Gasteiger partial charge is 0.250 e. The molecule has 0 saturated carbocycles. The highest BCUT2D eigenvalue weighted by atomic mass is 16.6. The minimum absolute atomic E-state index is 0.0226. The van der Waals surface area contributed by atoms with Crippen LogP contribution in [0.15, 0.2) is 42.5 Å². The number of hydrogen-bond donors (Lipinski definition) is 2. The molecule has 0 unspecified atom stereocenters. The van der Waals surface area contributed by atoms with Crippen molar-refractivity contribution < 1.29 is 28.9 Å². The van der Waals surface area contributed by atoms with E-state index in [0.717, 1.165) is 17.7 Å². The predicted octanol–water partition coefficient (Wildman–Crippen LogP) is 2.24. The molecular weight excluding hydrogens is 436 g/mol. The number of hydrogen-bond acceptors (Lipinski definition) is 6. The number of nitrogens with zero attached hydrogens (tertiary/aromatic N) is 1. The number of aliphatic hydroxyl groups is 1. The van der Waals surface area contributed by atoms with Crippen molar-refractivity contribution in [3.05, 3.63) is 59.2 Å². The molecule has 5 rings (SSSR count). The van der Waals surface area contributed by atoms with Gasteiger partial charge >= 0.3 is 0 Å². The molecule has 0 radical (unpaired) electrons. The van der Waals surface area contributed by atoms with Gasteiger partial charge in [-0.15, -0.1) is 0 Å². The fourth-order valence-electron chi connectivity index (χ4n) is 5.33. The fourth-order valence-corrected chi connectivity index (χ4v) is 5.33. The molecule has 2 amide bonds.